The van der Waals surface area contributed by atoms with Crippen LogP contribution in [0.3, 0.4) is 0 Å². The topological polar surface area (TPSA) is 161 Å². The number of aliphatic hydroxyl groups excluding tert-OH is 1. The summed E-state index contributed by atoms with van der Waals surface area (Å²) in [6.45, 7) is 3.57. The quantitative estimate of drug-likeness (QED) is 0.234. The molecule has 5 aromatic rings. The van der Waals surface area contributed by atoms with Crippen molar-refractivity contribution in [1.82, 2.24) is 29.8 Å². The molecule has 11 nitrogen and oxygen atoms in total. The number of hydrogen-bond acceptors (Lipinski definition) is 9. The van der Waals surface area contributed by atoms with Gasteiger partial charge in [-0.15, -0.1) is 0 Å². The monoisotopic (exact) mass is 536 g/mol. The fourth-order valence-electron chi connectivity index (χ4n) is 4.52. The van der Waals surface area contributed by atoms with Crippen molar-refractivity contribution in [3.05, 3.63) is 100 Å². The molecule has 11 heteroatoms. The summed E-state index contributed by atoms with van der Waals surface area (Å²) in [4.78, 5) is 44.4. The van der Waals surface area contributed by atoms with Crippen LogP contribution in [0.2, 0.25) is 0 Å². The zero-order chi connectivity index (χ0) is 28.2. The normalized spacial score (nSPS) is 11.8. The summed E-state index contributed by atoms with van der Waals surface area (Å²) >= 11 is 0. The van der Waals surface area contributed by atoms with E-state index >= 15 is 0 Å². The number of nitrogens with one attached hydrogen (secondary N) is 2. The van der Waals surface area contributed by atoms with Crippen LogP contribution in [0.5, 0.6) is 0 Å². The Kier molecular flexibility index (Phi) is 7.47. The summed E-state index contributed by atoms with van der Waals surface area (Å²) in [5, 5.41) is 15.4. The molecule has 3 aromatic heterocycles. The standard InChI is InChI=1S/C29H28N8O3/c1-17-15-19(11-12-31-17)21-9-6-10-23-24(21)28(40)37(20-7-4-3-5-8-20)26(35-23)18(2)34-25-22(16-33-29(30)36-25)27(39)32-13-14-38/h3-12,15-16,18,38H,13-14H2,1-2H3,(H,32,39)(H3,30,33,34,36). The van der Waals surface area contributed by atoms with Crippen molar-refractivity contribution in [1.29, 1.82) is 0 Å². The van der Waals surface area contributed by atoms with Gasteiger partial charge in [0.05, 0.1) is 29.2 Å². The van der Waals surface area contributed by atoms with E-state index in [9.17, 15) is 9.59 Å². The summed E-state index contributed by atoms with van der Waals surface area (Å²) < 4.78 is 1.56. The minimum absolute atomic E-state index is 0.0300. The zero-order valence-corrected chi connectivity index (χ0v) is 22.0. The van der Waals surface area contributed by atoms with Gasteiger partial charge in [-0.1, -0.05) is 30.3 Å². The molecule has 0 aliphatic heterocycles. The Morgan fingerprint density at radius 3 is 2.62 bits per heavy atom. The molecule has 5 rings (SSSR count). The van der Waals surface area contributed by atoms with Crippen LogP contribution in [0.1, 0.15) is 34.8 Å². The lowest BCUT2D eigenvalue weighted by Crippen LogP contribution is -2.30. The number of anilines is 2. The van der Waals surface area contributed by atoms with E-state index in [1.54, 1.807) is 16.8 Å². The number of nitrogens with two attached hydrogens (primary N) is 1. The first-order chi connectivity index (χ1) is 19.4. The van der Waals surface area contributed by atoms with Gasteiger partial charge in [0, 0.05) is 24.6 Å². The minimum atomic E-state index is -0.595. The average molecular weight is 537 g/mol. The number of rotatable bonds is 8. The van der Waals surface area contributed by atoms with Crippen LogP contribution in [0.4, 0.5) is 11.8 Å². The number of nitrogens with zero attached hydrogens (tertiary/aromatic N) is 5. The molecule has 0 fully saturated rings. The van der Waals surface area contributed by atoms with Crippen molar-refractivity contribution in [2.75, 3.05) is 24.2 Å². The number of aromatic nitrogens is 5. The number of para-hydroxylation sites is 1. The van der Waals surface area contributed by atoms with Gasteiger partial charge in [-0.3, -0.25) is 19.1 Å². The summed E-state index contributed by atoms with van der Waals surface area (Å²) in [6.07, 6.45) is 3.03. The largest absolute Gasteiger partial charge is 0.395 e. The second kappa shape index (κ2) is 11.3. The van der Waals surface area contributed by atoms with E-state index in [-0.39, 0.29) is 36.0 Å². The van der Waals surface area contributed by atoms with Gasteiger partial charge in [-0.05, 0) is 55.3 Å². The summed E-state index contributed by atoms with van der Waals surface area (Å²) in [7, 11) is 0. The predicted octanol–water partition coefficient (Wildman–Crippen LogP) is 3.02. The number of aliphatic hydroxyl groups is 1. The number of pyridine rings is 1. The number of nitrogen functional groups attached to an aromatic ring is 1. The van der Waals surface area contributed by atoms with Gasteiger partial charge >= 0.3 is 0 Å². The fourth-order valence-corrected chi connectivity index (χ4v) is 4.52. The van der Waals surface area contributed by atoms with Crippen LogP contribution in [0.15, 0.2) is 77.9 Å². The van der Waals surface area contributed by atoms with E-state index in [1.807, 2.05) is 68.4 Å². The van der Waals surface area contributed by atoms with E-state index < -0.39 is 11.9 Å². The van der Waals surface area contributed by atoms with Crippen molar-refractivity contribution in [2.24, 2.45) is 0 Å². The van der Waals surface area contributed by atoms with E-state index in [2.05, 4.69) is 25.6 Å². The highest BCUT2D eigenvalue weighted by Gasteiger charge is 2.23. The summed E-state index contributed by atoms with van der Waals surface area (Å²) in [6, 6.07) is 18.0. The maximum atomic E-state index is 14.3. The number of benzene rings is 2. The van der Waals surface area contributed by atoms with Crippen molar-refractivity contribution in [3.63, 3.8) is 0 Å². The Balaban J connectivity index is 1.68. The van der Waals surface area contributed by atoms with E-state index in [4.69, 9.17) is 15.8 Å². The van der Waals surface area contributed by atoms with Gasteiger partial charge in [0.1, 0.15) is 17.2 Å². The van der Waals surface area contributed by atoms with E-state index in [0.29, 0.717) is 22.4 Å². The lowest BCUT2D eigenvalue weighted by molar-refractivity contribution is 0.0945. The summed E-state index contributed by atoms with van der Waals surface area (Å²) in [5.74, 6) is 0.0710. The highest BCUT2D eigenvalue weighted by atomic mass is 16.3. The minimum Gasteiger partial charge on any atom is -0.395 e. The van der Waals surface area contributed by atoms with Gasteiger partial charge in [0.2, 0.25) is 5.95 Å². The molecule has 40 heavy (non-hydrogen) atoms. The average Bonchev–Trinajstić information content (AvgIpc) is 2.96. The number of fused-ring (bicyclic) bond motifs is 1. The molecule has 0 bridgehead atoms. The molecule has 3 heterocycles. The van der Waals surface area contributed by atoms with Crippen LogP contribution in [0, 0.1) is 6.92 Å². The Morgan fingerprint density at radius 2 is 1.88 bits per heavy atom. The van der Waals surface area contributed by atoms with Crippen molar-refractivity contribution in [3.8, 4) is 16.8 Å². The molecular weight excluding hydrogens is 508 g/mol. The number of aryl methyl sites for hydroxylation is 1. The Labute approximate surface area is 229 Å². The lowest BCUT2D eigenvalue weighted by atomic mass is 10.0. The third-order valence-electron chi connectivity index (χ3n) is 6.34. The van der Waals surface area contributed by atoms with Crippen molar-refractivity contribution in [2.45, 2.75) is 19.9 Å². The van der Waals surface area contributed by atoms with Crippen LogP contribution in [0.25, 0.3) is 27.7 Å². The van der Waals surface area contributed by atoms with Crippen molar-refractivity contribution >= 4 is 28.6 Å². The summed E-state index contributed by atoms with van der Waals surface area (Å²) in [5.41, 5.74) is 9.34. The number of carbonyl (C=O) groups is 1. The Morgan fingerprint density at radius 1 is 1.07 bits per heavy atom. The first kappa shape index (κ1) is 26.4. The zero-order valence-electron chi connectivity index (χ0n) is 22.0. The van der Waals surface area contributed by atoms with Gasteiger partial charge in [0.25, 0.3) is 11.5 Å². The molecule has 0 radical (unpaired) electrons. The van der Waals surface area contributed by atoms with E-state index in [0.717, 1.165) is 16.8 Å². The van der Waals surface area contributed by atoms with Gasteiger partial charge in [0.15, 0.2) is 0 Å². The number of hydrogen-bond donors (Lipinski definition) is 4. The Hall–Kier alpha value is -5.16. The van der Waals surface area contributed by atoms with E-state index in [1.165, 1.54) is 6.20 Å². The third kappa shape index (κ3) is 5.22. The molecule has 0 saturated carbocycles. The molecule has 1 unspecified atom stereocenters. The molecule has 0 aliphatic carbocycles. The smallest absolute Gasteiger partial charge is 0.266 e. The SMILES string of the molecule is Cc1cc(-c2cccc3nc(C(C)Nc4nc(N)ncc4C(=O)NCCO)n(-c4ccccc4)c(=O)c23)ccn1. The van der Waals surface area contributed by atoms with Gasteiger partial charge in [-0.2, -0.15) is 4.98 Å². The molecule has 5 N–H and O–H groups in total. The fraction of sp³-hybridized carbons (Fsp3) is 0.172. The molecule has 0 saturated heterocycles. The maximum Gasteiger partial charge on any atom is 0.266 e. The molecule has 0 spiro atoms. The molecule has 0 aliphatic rings. The molecule has 2 aromatic carbocycles. The van der Waals surface area contributed by atoms with Crippen molar-refractivity contribution < 1.29 is 9.90 Å². The van der Waals surface area contributed by atoms with Crippen LogP contribution in [-0.4, -0.2) is 48.7 Å². The second-order valence-corrected chi connectivity index (χ2v) is 9.17. The van der Waals surface area contributed by atoms with Gasteiger partial charge in [-0.25, -0.2) is 9.97 Å². The molecule has 1 atom stereocenters. The maximum absolute atomic E-state index is 14.3. The number of carbonyl (C=O) groups excluding carboxylic acids is 1. The highest BCUT2D eigenvalue weighted by Crippen LogP contribution is 2.29. The highest BCUT2D eigenvalue weighted by molar-refractivity contribution is 5.98. The lowest BCUT2D eigenvalue weighted by Gasteiger charge is -2.21. The molecule has 1 amide bonds. The first-order valence-corrected chi connectivity index (χ1v) is 12.7. The second-order valence-electron chi connectivity index (χ2n) is 9.17. The van der Waals surface area contributed by atoms with Crippen LogP contribution < -0.4 is 21.9 Å². The third-order valence-corrected chi connectivity index (χ3v) is 6.34. The van der Waals surface area contributed by atoms with Crippen LogP contribution in [-0.2, 0) is 0 Å². The number of amides is 1. The predicted molar refractivity (Wildman–Crippen MR) is 153 cm³/mol. The Bertz CT molecular complexity index is 1750. The first-order valence-electron chi connectivity index (χ1n) is 12.7. The molecule has 202 valence electrons. The van der Waals surface area contributed by atoms with Gasteiger partial charge < -0.3 is 21.5 Å². The molecular formula is C29H28N8O3. The van der Waals surface area contributed by atoms with Crippen LogP contribution >= 0.6 is 0 Å².